The van der Waals surface area contributed by atoms with E-state index in [0.29, 0.717) is 22.8 Å². The van der Waals surface area contributed by atoms with E-state index in [1.807, 2.05) is 37.3 Å². The van der Waals surface area contributed by atoms with Gasteiger partial charge in [0.05, 0.1) is 29.2 Å². The summed E-state index contributed by atoms with van der Waals surface area (Å²) in [7, 11) is 1.65. The highest BCUT2D eigenvalue weighted by Crippen LogP contribution is 2.21. The van der Waals surface area contributed by atoms with Crippen LogP contribution in [0.15, 0.2) is 40.8 Å². The number of carbonyl (C=O) groups is 2. The van der Waals surface area contributed by atoms with E-state index < -0.39 is 5.97 Å². The Balaban J connectivity index is 1.86. The predicted molar refractivity (Wildman–Crippen MR) is 99.2 cm³/mol. The molecule has 1 N–H and O–H groups in total. The quantitative estimate of drug-likeness (QED) is 0.747. The summed E-state index contributed by atoms with van der Waals surface area (Å²) in [5.74, 6) is -0.500. The molecule has 1 amide bonds. The van der Waals surface area contributed by atoms with Crippen molar-refractivity contribution >= 4 is 11.9 Å². The predicted octanol–water partition coefficient (Wildman–Crippen LogP) is 3.36. The zero-order valence-electron chi connectivity index (χ0n) is 15.7. The van der Waals surface area contributed by atoms with Gasteiger partial charge in [0.2, 0.25) is 0 Å². The second-order valence-corrected chi connectivity index (χ2v) is 6.44. The molecular formula is C20H21N3O4. The summed E-state index contributed by atoms with van der Waals surface area (Å²) in [6, 6.07) is 11.1. The van der Waals surface area contributed by atoms with Crippen LogP contribution in [0.5, 0.6) is 0 Å². The summed E-state index contributed by atoms with van der Waals surface area (Å²) in [6.45, 7) is 5.41. The summed E-state index contributed by atoms with van der Waals surface area (Å²) in [5, 5.41) is 13.6. The van der Waals surface area contributed by atoms with Gasteiger partial charge in [0, 0.05) is 7.05 Å². The second kappa shape index (κ2) is 7.11. The Labute approximate surface area is 156 Å². The minimum atomic E-state index is -1.05. The van der Waals surface area contributed by atoms with E-state index >= 15 is 0 Å². The van der Waals surface area contributed by atoms with E-state index in [9.17, 15) is 9.59 Å². The number of hydrogen-bond donors (Lipinski definition) is 1. The average Bonchev–Trinajstić information content (AvgIpc) is 3.14. The van der Waals surface area contributed by atoms with Crippen molar-refractivity contribution in [2.75, 3.05) is 7.05 Å². The molecule has 140 valence electrons. The van der Waals surface area contributed by atoms with Crippen molar-refractivity contribution in [2.24, 2.45) is 0 Å². The standard InChI is InChI=1S/C20H21N3O4/c1-12-18(13(2)23(21-12)15-8-6-5-7-9-15)19(24)22(4)11-16-10-17(20(25)26)14(3)27-16/h5-10H,11H2,1-4H3,(H,25,26). The lowest BCUT2D eigenvalue weighted by atomic mass is 10.1. The number of rotatable bonds is 5. The van der Waals surface area contributed by atoms with Crippen LogP contribution < -0.4 is 0 Å². The van der Waals surface area contributed by atoms with E-state index in [1.165, 1.54) is 11.0 Å². The highest BCUT2D eigenvalue weighted by molar-refractivity contribution is 5.96. The molecule has 0 aliphatic carbocycles. The summed E-state index contributed by atoms with van der Waals surface area (Å²) in [6.07, 6.45) is 0. The number of hydrogen-bond acceptors (Lipinski definition) is 4. The van der Waals surface area contributed by atoms with Crippen molar-refractivity contribution in [1.82, 2.24) is 14.7 Å². The van der Waals surface area contributed by atoms with E-state index in [2.05, 4.69) is 5.10 Å². The summed E-state index contributed by atoms with van der Waals surface area (Å²) < 4.78 is 7.22. The third-order valence-corrected chi connectivity index (χ3v) is 4.44. The smallest absolute Gasteiger partial charge is 0.339 e. The molecule has 1 aromatic carbocycles. The largest absolute Gasteiger partial charge is 0.478 e. The fourth-order valence-corrected chi connectivity index (χ4v) is 3.10. The van der Waals surface area contributed by atoms with Crippen LogP contribution in [0.1, 0.15) is 43.6 Å². The molecule has 0 saturated carbocycles. The van der Waals surface area contributed by atoms with Gasteiger partial charge in [0.15, 0.2) is 0 Å². The van der Waals surface area contributed by atoms with Crippen LogP contribution in [0.2, 0.25) is 0 Å². The monoisotopic (exact) mass is 367 g/mol. The molecule has 0 aliphatic rings. The Hall–Kier alpha value is -3.35. The molecule has 0 atom stereocenters. The molecule has 2 aromatic heterocycles. The molecule has 0 saturated heterocycles. The third-order valence-electron chi connectivity index (χ3n) is 4.44. The van der Waals surface area contributed by atoms with Crippen molar-refractivity contribution in [3.63, 3.8) is 0 Å². The zero-order chi connectivity index (χ0) is 19.7. The molecule has 3 aromatic rings. The first-order valence-electron chi connectivity index (χ1n) is 8.49. The summed E-state index contributed by atoms with van der Waals surface area (Å²) in [5.41, 5.74) is 2.90. The molecule has 3 rings (SSSR count). The molecule has 0 spiro atoms. The van der Waals surface area contributed by atoms with Gasteiger partial charge in [-0.3, -0.25) is 4.79 Å². The highest BCUT2D eigenvalue weighted by atomic mass is 16.4. The molecule has 0 bridgehead atoms. The molecule has 7 nitrogen and oxygen atoms in total. The molecule has 0 fully saturated rings. The fourth-order valence-electron chi connectivity index (χ4n) is 3.10. The Bertz CT molecular complexity index is 1000. The average molecular weight is 367 g/mol. The number of carbonyl (C=O) groups excluding carboxylic acids is 1. The maximum atomic E-state index is 13.0. The molecule has 27 heavy (non-hydrogen) atoms. The number of carboxylic acid groups (broad SMARTS) is 1. The first kappa shape index (κ1) is 18.4. The minimum absolute atomic E-state index is 0.107. The fraction of sp³-hybridized carbons (Fsp3) is 0.250. The maximum Gasteiger partial charge on any atom is 0.339 e. The van der Waals surface area contributed by atoms with Gasteiger partial charge in [0.1, 0.15) is 17.1 Å². The second-order valence-electron chi connectivity index (χ2n) is 6.44. The lowest BCUT2D eigenvalue weighted by Crippen LogP contribution is -2.27. The summed E-state index contributed by atoms with van der Waals surface area (Å²) >= 11 is 0. The van der Waals surface area contributed by atoms with Gasteiger partial charge >= 0.3 is 5.97 Å². The van der Waals surface area contributed by atoms with Gasteiger partial charge in [-0.05, 0) is 39.0 Å². The number of furan rings is 1. The number of amides is 1. The lowest BCUT2D eigenvalue weighted by molar-refractivity contribution is 0.0694. The van der Waals surface area contributed by atoms with Crippen LogP contribution >= 0.6 is 0 Å². The Morgan fingerprint density at radius 3 is 2.44 bits per heavy atom. The van der Waals surface area contributed by atoms with Gasteiger partial charge in [-0.2, -0.15) is 5.10 Å². The molecule has 2 heterocycles. The first-order valence-corrected chi connectivity index (χ1v) is 8.49. The van der Waals surface area contributed by atoms with Crippen molar-refractivity contribution < 1.29 is 19.1 Å². The number of aromatic nitrogens is 2. The van der Waals surface area contributed by atoms with Crippen LogP contribution in [0.4, 0.5) is 0 Å². The van der Waals surface area contributed by atoms with Crippen molar-refractivity contribution in [2.45, 2.75) is 27.3 Å². The number of para-hydroxylation sites is 1. The minimum Gasteiger partial charge on any atom is -0.478 e. The van der Waals surface area contributed by atoms with Gasteiger partial charge in [-0.15, -0.1) is 0 Å². The topological polar surface area (TPSA) is 88.6 Å². The van der Waals surface area contributed by atoms with Crippen molar-refractivity contribution in [1.29, 1.82) is 0 Å². The lowest BCUT2D eigenvalue weighted by Gasteiger charge is -2.16. The first-order chi connectivity index (χ1) is 12.8. The van der Waals surface area contributed by atoms with Crippen LogP contribution in [0.25, 0.3) is 5.69 Å². The Morgan fingerprint density at radius 2 is 1.85 bits per heavy atom. The molecule has 0 radical (unpaired) electrons. The van der Waals surface area contributed by atoms with Crippen LogP contribution in [0.3, 0.4) is 0 Å². The van der Waals surface area contributed by atoms with Gasteiger partial charge in [-0.25, -0.2) is 9.48 Å². The normalized spacial score (nSPS) is 10.8. The van der Waals surface area contributed by atoms with E-state index in [-0.39, 0.29) is 18.0 Å². The molecule has 0 unspecified atom stereocenters. The van der Waals surface area contributed by atoms with Crippen LogP contribution in [-0.2, 0) is 6.54 Å². The molecule has 0 aliphatic heterocycles. The van der Waals surface area contributed by atoms with Crippen LogP contribution in [0, 0.1) is 20.8 Å². The van der Waals surface area contributed by atoms with Crippen molar-refractivity contribution in [3.8, 4) is 5.69 Å². The Morgan fingerprint density at radius 1 is 1.19 bits per heavy atom. The van der Waals surface area contributed by atoms with Gasteiger partial charge in [-0.1, -0.05) is 18.2 Å². The van der Waals surface area contributed by atoms with Crippen LogP contribution in [-0.4, -0.2) is 38.7 Å². The molecular weight excluding hydrogens is 346 g/mol. The van der Waals surface area contributed by atoms with E-state index in [0.717, 1.165) is 11.4 Å². The van der Waals surface area contributed by atoms with Gasteiger partial charge in [0.25, 0.3) is 5.91 Å². The van der Waals surface area contributed by atoms with Crippen molar-refractivity contribution in [3.05, 3.63) is 70.4 Å². The number of aryl methyl sites for hydroxylation is 2. The zero-order valence-corrected chi connectivity index (χ0v) is 15.7. The maximum absolute atomic E-state index is 13.0. The number of nitrogens with zero attached hydrogens (tertiary/aromatic N) is 3. The van der Waals surface area contributed by atoms with Gasteiger partial charge < -0.3 is 14.4 Å². The highest BCUT2D eigenvalue weighted by Gasteiger charge is 2.24. The molecule has 7 heteroatoms. The summed E-state index contributed by atoms with van der Waals surface area (Å²) in [4.78, 5) is 25.6. The number of benzene rings is 1. The van der Waals surface area contributed by atoms with E-state index in [1.54, 1.807) is 25.6 Å². The number of aromatic carboxylic acids is 1. The number of carboxylic acids is 1. The SMILES string of the molecule is Cc1nn(-c2ccccc2)c(C)c1C(=O)N(C)Cc1cc(C(=O)O)c(C)o1. The van der Waals surface area contributed by atoms with E-state index in [4.69, 9.17) is 9.52 Å². The third kappa shape index (κ3) is 3.48. The Kier molecular flexibility index (Phi) is 4.85.